The second-order valence-electron chi connectivity index (χ2n) is 8.65. The highest BCUT2D eigenvalue weighted by atomic mass is 19.1. The number of hydrogen-bond donors (Lipinski definition) is 4. The number of aromatic nitrogens is 2. The lowest BCUT2D eigenvalue weighted by atomic mass is 9.97. The van der Waals surface area contributed by atoms with E-state index in [4.69, 9.17) is 15.6 Å². The molecule has 3 aromatic rings. The van der Waals surface area contributed by atoms with Crippen molar-refractivity contribution in [2.45, 2.75) is 26.2 Å². The van der Waals surface area contributed by atoms with Gasteiger partial charge < -0.3 is 26.2 Å². The number of rotatable bonds is 6. The van der Waals surface area contributed by atoms with E-state index in [0.717, 1.165) is 24.1 Å². The largest absolute Gasteiger partial charge is 0.474 e. The van der Waals surface area contributed by atoms with Crippen LogP contribution in [0.5, 0.6) is 5.88 Å². The van der Waals surface area contributed by atoms with E-state index in [1.165, 1.54) is 6.20 Å². The molecule has 0 saturated heterocycles. The molecule has 2 aliphatic rings. The van der Waals surface area contributed by atoms with Crippen molar-refractivity contribution < 1.29 is 19.0 Å². The average Bonchev–Trinajstić information content (AvgIpc) is 3.60. The number of benzene rings is 1. The van der Waals surface area contributed by atoms with Crippen molar-refractivity contribution in [3.63, 3.8) is 0 Å². The molecule has 1 aromatic carbocycles. The number of aliphatic hydroxyl groups excluding tert-OH is 1. The van der Waals surface area contributed by atoms with Crippen molar-refractivity contribution in [3.8, 4) is 17.0 Å². The number of aliphatic hydroxyl groups is 1. The van der Waals surface area contributed by atoms with Gasteiger partial charge in [0.25, 0.3) is 0 Å². The zero-order valence-electron chi connectivity index (χ0n) is 18.3. The molecule has 172 valence electrons. The lowest BCUT2D eigenvalue weighted by Gasteiger charge is -2.22. The Kier molecular flexibility index (Phi) is 5.49. The molecule has 1 saturated carbocycles. The van der Waals surface area contributed by atoms with Crippen molar-refractivity contribution in [2.75, 3.05) is 36.1 Å². The Morgan fingerprint density at radius 1 is 1.33 bits per heavy atom. The summed E-state index contributed by atoms with van der Waals surface area (Å²) in [5.41, 5.74) is 8.65. The number of anilines is 3. The van der Waals surface area contributed by atoms with Gasteiger partial charge in [-0.25, -0.2) is 14.4 Å². The molecule has 8 nitrogen and oxygen atoms in total. The number of halogens is 1. The Morgan fingerprint density at radius 2 is 2.18 bits per heavy atom. The third kappa shape index (κ3) is 3.93. The van der Waals surface area contributed by atoms with Gasteiger partial charge in [0.1, 0.15) is 18.1 Å². The summed E-state index contributed by atoms with van der Waals surface area (Å²) in [7, 11) is 0. The minimum absolute atomic E-state index is 0.000432. The van der Waals surface area contributed by atoms with Crippen molar-refractivity contribution in [1.82, 2.24) is 9.97 Å². The van der Waals surface area contributed by atoms with Crippen LogP contribution in [0.15, 0.2) is 24.5 Å². The fourth-order valence-corrected chi connectivity index (χ4v) is 4.51. The molecule has 5 N–H and O–H groups in total. The average molecular weight is 452 g/mol. The molecule has 5 rings (SSSR count). The van der Waals surface area contributed by atoms with Gasteiger partial charge in [0.15, 0.2) is 5.82 Å². The van der Waals surface area contributed by atoms with Gasteiger partial charge in [-0.3, -0.25) is 4.79 Å². The van der Waals surface area contributed by atoms with Crippen LogP contribution in [0.25, 0.3) is 21.9 Å². The van der Waals surface area contributed by atoms with Crippen molar-refractivity contribution >= 4 is 33.9 Å². The van der Waals surface area contributed by atoms with Crippen LogP contribution in [-0.4, -0.2) is 40.7 Å². The number of nitrogens with one attached hydrogen (secondary N) is 2. The number of nitrogen functional groups attached to an aromatic ring is 1. The third-order valence-corrected chi connectivity index (χ3v) is 6.48. The first kappa shape index (κ1) is 21.4. The second-order valence-corrected chi connectivity index (χ2v) is 8.65. The fraction of sp³-hybridized carbons (Fsp3) is 0.375. The van der Waals surface area contributed by atoms with Gasteiger partial charge in [0.2, 0.25) is 11.8 Å². The number of amides is 1. The van der Waals surface area contributed by atoms with Crippen LogP contribution in [0.2, 0.25) is 0 Å². The SMILES string of the molecule is Cc1c(-c2cc3cc(NC(=O)C4C[C@@H]4CCCO)ncc3c(N)c2F)cnc2c1NCCO2. The first-order chi connectivity index (χ1) is 16.0. The van der Waals surface area contributed by atoms with Gasteiger partial charge >= 0.3 is 0 Å². The maximum atomic E-state index is 15.3. The maximum Gasteiger partial charge on any atom is 0.237 e. The minimum Gasteiger partial charge on any atom is -0.474 e. The Labute approximate surface area is 190 Å². The highest BCUT2D eigenvalue weighted by Crippen LogP contribution is 2.43. The van der Waals surface area contributed by atoms with Crippen LogP contribution in [0.1, 0.15) is 24.8 Å². The lowest BCUT2D eigenvalue weighted by molar-refractivity contribution is -0.117. The Morgan fingerprint density at radius 3 is 3.00 bits per heavy atom. The topological polar surface area (TPSA) is 122 Å². The predicted molar refractivity (Wildman–Crippen MR) is 125 cm³/mol. The Hall–Kier alpha value is -3.46. The number of nitrogens with zero attached hydrogens (tertiary/aromatic N) is 2. The molecule has 1 unspecified atom stereocenters. The number of nitrogens with two attached hydrogens (primary N) is 1. The second kappa shape index (κ2) is 8.47. The van der Waals surface area contributed by atoms with Crippen LogP contribution in [0.3, 0.4) is 0 Å². The molecule has 3 heterocycles. The van der Waals surface area contributed by atoms with Gasteiger partial charge in [0, 0.05) is 48.0 Å². The van der Waals surface area contributed by atoms with Crippen LogP contribution in [0.4, 0.5) is 21.6 Å². The van der Waals surface area contributed by atoms with Crippen LogP contribution >= 0.6 is 0 Å². The smallest absolute Gasteiger partial charge is 0.237 e. The third-order valence-electron chi connectivity index (χ3n) is 6.48. The molecule has 0 spiro atoms. The minimum atomic E-state index is -0.535. The van der Waals surface area contributed by atoms with Gasteiger partial charge in [0.05, 0.1) is 5.69 Å². The van der Waals surface area contributed by atoms with Crippen LogP contribution < -0.4 is 21.1 Å². The van der Waals surface area contributed by atoms with E-state index >= 15 is 4.39 Å². The van der Waals surface area contributed by atoms with E-state index in [1.54, 1.807) is 18.3 Å². The first-order valence-electron chi connectivity index (χ1n) is 11.1. The van der Waals surface area contributed by atoms with Crippen molar-refractivity contribution in [2.24, 2.45) is 11.8 Å². The Bertz CT molecular complexity index is 1250. The molecule has 33 heavy (non-hydrogen) atoms. The van der Waals surface area contributed by atoms with E-state index in [1.807, 2.05) is 6.92 Å². The molecule has 0 bridgehead atoms. The highest BCUT2D eigenvalue weighted by Gasteiger charge is 2.42. The molecule has 2 aromatic heterocycles. The first-order valence-corrected chi connectivity index (χ1v) is 11.1. The summed E-state index contributed by atoms with van der Waals surface area (Å²) in [5, 5.41) is 16.2. The number of ether oxygens (including phenoxy) is 1. The molecule has 1 aliphatic carbocycles. The molecule has 1 amide bonds. The molecule has 0 radical (unpaired) electrons. The standard InChI is InChI=1S/C24H26FN5O3/c1-12-17(10-29-24-22(12)27-4-6-33-24)16-8-14-9-19(28-11-18(14)21(26)20(16)25)30-23(32)15-7-13(15)3-2-5-31/h8-11,13,15,27,31H,2-7,26H2,1H3,(H,28,30,32)/t13-,15?/m0/s1. The van der Waals surface area contributed by atoms with Crippen molar-refractivity contribution in [3.05, 3.63) is 35.9 Å². The summed E-state index contributed by atoms with van der Waals surface area (Å²) < 4.78 is 20.9. The summed E-state index contributed by atoms with van der Waals surface area (Å²) >= 11 is 0. The van der Waals surface area contributed by atoms with Gasteiger partial charge in [-0.05, 0) is 55.2 Å². The van der Waals surface area contributed by atoms with E-state index in [0.29, 0.717) is 59.1 Å². The zero-order valence-corrected chi connectivity index (χ0v) is 18.3. The molecule has 2 atom stereocenters. The summed E-state index contributed by atoms with van der Waals surface area (Å²) in [6, 6.07) is 3.42. The summed E-state index contributed by atoms with van der Waals surface area (Å²) in [4.78, 5) is 21.2. The molecular formula is C24H26FN5O3. The number of carbonyl (C=O) groups excluding carboxylic acids is 1. The predicted octanol–water partition coefficient (Wildman–Crippen LogP) is 3.48. The van der Waals surface area contributed by atoms with Gasteiger partial charge in [-0.2, -0.15) is 0 Å². The van der Waals surface area contributed by atoms with E-state index in [-0.39, 0.29) is 24.1 Å². The Balaban J connectivity index is 1.47. The number of hydrogen-bond acceptors (Lipinski definition) is 7. The summed E-state index contributed by atoms with van der Waals surface area (Å²) in [6.45, 7) is 3.20. The van der Waals surface area contributed by atoms with Gasteiger partial charge in [-0.1, -0.05) is 0 Å². The zero-order chi connectivity index (χ0) is 23.1. The summed E-state index contributed by atoms with van der Waals surface area (Å²) in [6.07, 6.45) is 5.44. The normalized spacial score (nSPS) is 18.9. The van der Waals surface area contributed by atoms with E-state index < -0.39 is 5.82 Å². The highest BCUT2D eigenvalue weighted by molar-refractivity contribution is 6.00. The molecule has 1 aliphatic heterocycles. The van der Waals surface area contributed by atoms with Crippen LogP contribution in [-0.2, 0) is 4.79 Å². The number of carbonyl (C=O) groups is 1. The molecule has 9 heteroatoms. The molecular weight excluding hydrogens is 425 g/mol. The fourth-order valence-electron chi connectivity index (χ4n) is 4.51. The maximum absolute atomic E-state index is 15.3. The van der Waals surface area contributed by atoms with Crippen molar-refractivity contribution in [1.29, 1.82) is 0 Å². The van der Waals surface area contributed by atoms with E-state index in [2.05, 4.69) is 20.6 Å². The monoisotopic (exact) mass is 451 g/mol. The van der Waals surface area contributed by atoms with E-state index in [9.17, 15) is 4.79 Å². The molecule has 1 fully saturated rings. The lowest BCUT2D eigenvalue weighted by Crippen LogP contribution is -2.20. The van der Waals surface area contributed by atoms with Gasteiger partial charge in [-0.15, -0.1) is 0 Å². The quantitative estimate of drug-likeness (QED) is 0.423. The number of pyridine rings is 2. The summed E-state index contributed by atoms with van der Waals surface area (Å²) in [5.74, 6) is 0.539. The number of fused-ring (bicyclic) bond motifs is 2. The van der Waals surface area contributed by atoms with Crippen LogP contribution in [0, 0.1) is 24.6 Å².